The molecule has 3 aromatic carbocycles. The molecule has 0 bridgehead atoms. The number of ether oxygens (including phenoxy) is 2. The Hall–Kier alpha value is -3.78. The highest BCUT2D eigenvalue weighted by Crippen LogP contribution is 2.35. The number of amides is 1. The predicted molar refractivity (Wildman–Crippen MR) is 136 cm³/mol. The number of nitrogens with zero attached hydrogens (tertiary/aromatic N) is 2. The summed E-state index contributed by atoms with van der Waals surface area (Å²) in [6.07, 6.45) is 1.65. The molecule has 0 fully saturated rings. The first-order chi connectivity index (χ1) is 16.9. The average Bonchev–Trinajstić information content (AvgIpc) is 3.24. The largest absolute Gasteiger partial charge is 0.493 e. The smallest absolute Gasteiger partial charge is 0.270 e. The molecule has 1 aliphatic rings. The van der Waals surface area contributed by atoms with E-state index in [2.05, 4.69) is 5.32 Å². The SMILES string of the molecule is COc1cc(C)c(NCC2Cc3ccccc3N2C=O)cc1OCc1cc(CCl)cc([N+](=O)[O-])c1. The molecular weight excluding hydrogens is 470 g/mol. The Bertz CT molecular complexity index is 1250. The second-order valence-electron chi connectivity index (χ2n) is 8.39. The van der Waals surface area contributed by atoms with E-state index < -0.39 is 4.92 Å². The van der Waals surface area contributed by atoms with E-state index in [0.717, 1.165) is 35.3 Å². The molecule has 0 aromatic heterocycles. The summed E-state index contributed by atoms with van der Waals surface area (Å²) < 4.78 is 11.5. The van der Waals surface area contributed by atoms with Gasteiger partial charge in [0.1, 0.15) is 6.61 Å². The third-order valence-electron chi connectivity index (χ3n) is 6.07. The molecule has 8 nitrogen and oxygen atoms in total. The summed E-state index contributed by atoms with van der Waals surface area (Å²) in [5.41, 5.74) is 5.16. The molecule has 1 unspecified atom stereocenters. The lowest BCUT2D eigenvalue weighted by atomic mass is 10.1. The lowest BCUT2D eigenvalue weighted by Crippen LogP contribution is -2.36. The molecule has 0 saturated heterocycles. The minimum atomic E-state index is -0.446. The topological polar surface area (TPSA) is 93.9 Å². The van der Waals surface area contributed by atoms with Crippen LogP contribution in [0, 0.1) is 17.0 Å². The third kappa shape index (κ3) is 5.33. The van der Waals surface area contributed by atoms with Crippen LogP contribution in [0.5, 0.6) is 11.5 Å². The normalized spacial score (nSPS) is 14.4. The first-order valence-electron chi connectivity index (χ1n) is 11.1. The molecule has 9 heteroatoms. The van der Waals surface area contributed by atoms with Gasteiger partial charge < -0.3 is 19.7 Å². The highest BCUT2D eigenvalue weighted by atomic mass is 35.5. The lowest BCUT2D eigenvalue weighted by Gasteiger charge is -2.23. The second-order valence-corrected chi connectivity index (χ2v) is 8.65. The number of aryl methyl sites for hydroxylation is 1. The van der Waals surface area contributed by atoms with Crippen LogP contribution in [0.25, 0.3) is 0 Å². The first-order valence-corrected chi connectivity index (χ1v) is 11.7. The number of nitrogens with one attached hydrogen (secondary N) is 1. The number of para-hydroxylation sites is 1. The molecule has 0 aliphatic carbocycles. The number of non-ortho nitro benzene ring substituents is 1. The maximum atomic E-state index is 11.7. The van der Waals surface area contributed by atoms with Crippen molar-refractivity contribution in [3.05, 3.63) is 87.0 Å². The molecule has 0 radical (unpaired) electrons. The molecule has 1 amide bonds. The van der Waals surface area contributed by atoms with Gasteiger partial charge in [-0.25, -0.2) is 0 Å². The monoisotopic (exact) mass is 495 g/mol. The number of nitro groups is 1. The van der Waals surface area contributed by atoms with Gasteiger partial charge >= 0.3 is 0 Å². The summed E-state index contributed by atoms with van der Waals surface area (Å²) in [4.78, 5) is 24.3. The zero-order valence-corrected chi connectivity index (χ0v) is 20.2. The summed E-state index contributed by atoms with van der Waals surface area (Å²) >= 11 is 5.90. The summed E-state index contributed by atoms with van der Waals surface area (Å²) in [5.74, 6) is 1.22. The van der Waals surface area contributed by atoms with E-state index in [9.17, 15) is 14.9 Å². The fraction of sp³-hybridized carbons (Fsp3) is 0.269. The van der Waals surface area contributed by atoms with Gasteiger partial charge in [-0.15, -0.1) is 11.6 Å². The van der Waals surface area contributed by atoms with E-state index in [0.29, 0.717) is 29.2 Å². The number of anilines is 2. The second kappa shape index (κ2) is 10.7. The van der Waals surface area contributed by atoms with Crippen LogP contribution in [0.15, 0.2) is 54.6 Å². The van der Waals surface area contributed by atoms with Gasteiger partial charge in [0.15, 0.2) is 11.5 Å². The van der Waals surface area contributed by atoms with E-state index in [1.807, 2.05) is 43.3 Å². The highest BCUT2D eigenvalue weighted by molar-refractivity contribution is 6.17. The number of rotatable bonds is 10. The molecule has 0 saturated carbocycles. The van der Waals surface area contributed by atoms with Crippen LogP contribution in [0.4, 0.5) is 17.1 Å². The van der Waals surface area contributed by atoms with Crippen molar-refractivity contribution in [2.24, 2.45) is 0 Å². The molecule has 35 heavy (non-hydrogen) atoms. The maximum absolute atomic E-state index is 11.7. The van der Waals surface area contributed by atoms with Gasteiger partial charge in [-0.05, 0) is 47.7 Å². The van der Waals surface area contributed by atoms with Crippen LogP contribution in [-0.4, -0.2) is 31.0 Å². The zero-order valence-electron chi connectivity index (χ0n) is 19.5. The van der Waals surface area contributed by atoms with Gasteiger partial charge in [0.25, 0.3) is 5.69 Å². The number of nitro benzene ring substituents is 1. The molecule has 1 N–H and O–H groups in total. The molecule has 1 aliphatic heterocycles. The van der Waals surface area contributed by atoms with Gasteiger partial charge in [-0.3, -0.25) is 14.9 Å². The Morgan fingerprint density at radius 2 is 1.94 bits per heavy atom. The maximum Gasteiger partial charge on any atom is 0.270 e. The van der Waals surface area contributed by atoms with Crippen molar-refractivity contribution in [1.29, 1.82) is 0 Å². The first kappa shape index (κ1) is 24.3. The quantitative estimate of drug-likeness (QED) is 0.179. The molecule has 182 valence electrons. The number of hydrogen-bond donors (Lipinski definition) is 1. The Balaban J connectivity index is 1.50. The lowest BCUT2D eigenvalue weighted by molar-refractivity contribution is -0.385. The van der Waals surface area contributed by atoms with Crippen molar-refractivity contribution in [3.8, 4) is 11.5 Å². The summed E-state index contributed by atoms with van der Waals surface area (Å²) in [7, 11) is 1.56. The van der Waals surface area contributed by atoms with E-state index in [4.69, 9.17) is 21.1 Å². The van der Waals surface area contributed by atoms with Crippen molar-refractivity contribution in [2.75, 3.05) is 23.9 Å². The van der Waals surface area contributed by atoms with Gasteiger partial charge in [0.2, 0.25) is 6.41 Å². The summed E-state index contributed by atoms with van der Waals surface area (Å²) in [6.45, 7) is 2.63. The molecule has 0 spiro atoms. The minimum Gasteiger partial charge on any atom is -0.493 e. The zero-order chi connectivity index (χ0) is 24.9. The summed E-state index contributed by atoms with van der Waals surface area (Å²) in [5, 5.41) is 14.7. The van der Waals surface area contributed by atoms with Crippen LogP contribution >= 0.6 is 11.6 Å². The fourth-order valence-electron chi connectivity index (χ4n) is 4.32. The number of carbonyl (C=O) groups is 1. The third-order valence-corrected chi connectivity index (χ3v) is 6.38. The van der Waals surface area contributed by atoms with Gasteiger partial charge in [-0.1, -0.05) is 24.3 Å². The number of alkyl halides is 1. The fourth-order valence-corrected chi connectivity index (χ4v) is 4.47. The number of fused-ring (bicyclic) bond motifs is 1. The van der Waals surface area contributed by atoms with Crippen LogP contribution < -0.4 is 19.7 Å². The Morgan fingerprint density at radius 1 is 1.17 bits per heavy atom. The Labute approximate surface area is 208 Å². The minimum absolute atomic E-state index is 0.00499. The van der Waals surface area contributed by atoms with Gasteiger partial charge in [0.05, 0.1) is 18.1 Å². The number of carbonyl (C=O) groups excluding carboxylic acids is 1. The van der Waals surface area contributed by atoms with Crippen molar-refractivity contribution >= 4 is 35.1 Å². The molecule has 1 atom stereocenters. The standard InChI is InChI=1S/C26H26ClN3O5/c1-17-7-25(34-2)26(35-15-19-8-18(13-27)9-21(10-19)30(32)33)12-23(17)28-14-22-11-20-5-3-4-6-24(20)29(22)16-31/h3-10,12,16,22,28H,11,13-15H2,1-2H3. The number of benzene rings is 3. The van der Waals surface area contributed by atoms with Crippen molar-refractivity contribution < 1.29 is 19.2 Å². The van der Waals surface area contributed by atoms with Gasteiger partial charge in [-0.2, -0.15) is 0 Å². The van der Waals surface area contributed by atoms with Crippen molar-refractivity contribution in [3.63, 3.8) is 0 Å². The molecular formula is C26H26ClN3O5. The highest BCUT2D eigenvalue weighted by Gasteiger charge is 2.28. The predicted octanol–water partition coefficient (Wildman–Crippen LogP) is 5.23. The Kier molecular flexibility index (Phi) is 7.41. The van der Waals surface area contributed by atoms with Crippen LogP contribution in [0.3, 0.4) is 0 Å². The number of hydrogen-bond acceptors (Lipinski definition) is 6. The molecule has 3 aromatic rings. The van der Waals surface area contributed by atoms with Crippen LogP contribution in [-0.2, 0) is 23.7 Å². The summed E-state index contributed by atoms with van der Waals surface area (Å²) in [6, 6.07) is 16.3. The Morgan fingerprint density at radius 3 is 2.66 bits per heavy atom. The van der Waals surface area contributed by atoms with E-state index >= 15 is 0 Å². The molecule has 4 rings (SSSR count). The van der Waals surface area contributed by atoms with E-state index in [1.54, 1.807) is 18.1 Å². The average molecular weight is 496 g/mol. The van der Waals surface area contributed by atoms with Crippen molar-refractivity contribution in [1.82, 2.24) is 0 Å². The van der Waals surface area contributed by atoms with Gasteiger partial charge in [0, 0.05) is 42.0 Å². The number of methoxy groups -OCH3 is 1. The number of halogens is 1. The van der Waals surface area contributed by atoms with E-state index in [1.165, 1.54) is 12.1 Å². The van der Waals surface area contributed by atoms with Crippen LogP contribution in [0.2, 0.25) is 0 Å². The van der Waals surface area contributed by atoms with Crippen LogP contribution in [0.1, 0.15) is 22.3 Å². The van der Waals surface area contributed by atoms with E-state index in [-0.39, 0.29) is 24.2 Å². The molecule has 1 heterocycles. The van der Waals surface area contributed by atoms with Crippen molar-refractivity contribution in [2.45, 2.75) is 31.9 Å².